The molecule has 0 saturated carbocycles. The summed E-state index contributed by atoms with van der Waals surface area (Å²) in [4.78, 5) is 8.48. The van der Waals surface area contributed by atoms with Crippen molar-refractivity contribution in [3.8, 4) is 5.88 Å². The maximum Gasteiger partial charge on any atom is 0.225 e. The van der Waals surface area contributed by atoms with Gasteiger partial charge >= 0.3 is 0 Å². The Morgan fingerprint density at radius 1 is 1.56 bits per heavy atom. The minimum atomic E-state index is 0.638. The maximum atomic E-state index is 5.46. The third-order valence-corrected chi connectivity index (χ3v) is 2.94. The molecule has 1 fully saturated rings. The lowest BCUT2D eigenvalue weighted by Gasteiger charge is -2.09. The zero-order valence-corrected chi connectivity index (χ0v) is 10.9. The Balaban J connectivity index is 1.74. The standard InChI is InChI=1S/C13H21N3O2/c1-2-8-18-12-4-7-15-13(16-12)14-6-3-11-5-9-17-10-11/h4,7,11H,2-3,5-6,8-10H2,1H3,(H,14,15,16). The molecule has 0 spiro atoms. The number of nitrogens with one attached hydrogen (secondary N) is 1. The van der Waals surface area contributed by atoms with Gasteiger partial charge in [0.05, 0.1) is 6.61 Å². The quantitative estimate of drug-likeness (QED) is 0.804. The first-order valence-corrected chi connectivity index (χ1v) is 6.66. The van der Waals surface area contributed by atoms with Crippen molar-refractivity contribution in [3.05, 3.63) is 12.3 Å². The van der Waals surface area contributed by atoms with Gasteiger partial charge in [-0.3, -0.25) is 0 Å². The summed E-state index contributed by atoms with van der Waals surface area (Å²) in [6.45, 7) is 5.44. The Morgan fingerprint density at radius 2 is 2.50 bits per heavy atom. The third-order valence-electron chi connectivity index (χ3n) is 2.94. The molecule has 0 aliphatic carbocycles. The lowest BCUT2D eigenvalue weighted by Crippen LogP contribution is -2.11. The summed E-state index contributed by atoms with van der Waals surface area (Å²) in [5, 5.41) is 3.23. The van der Waals surface area contributed by atoms with Gasteiger partial charge in [-0.25, -0.2) is 4.98 Å². The van der Waals surface area contributed by atoms with Crippen LogP contribution in [0.5, 0.6) is 5.88 Å². The highest BCUT2D eigenvalue weighted by Crippen LogP contribution is 2.16. The Labute approximate surface area is 108 Å². The van der Waals surface area contributed by atoms with Crippen molar-refractivity contribution in [3.63, 3.8) is 0 Å². The third kappa shape index (κ3) is 4.14. The minimum Gasteiger partial charge on any atom is -0.478 e. The smallest absolute Gasteiger partial charge is 0.225 e. The fourth-order valence-electron chi connectivity index (χ4n) is 1.91. The zero-order valence-electron chi connectivity index (χ0n) is 10.9. The fraction of sp³-hybridized carbons (Fsp3) is 0.692. The van der Waals surface area contributed by atoms with Crippen LogP contribution >= 0.6 is 0 Å². The number of ether oxygens (including phenoxy) is 2. The van der Waals surface area contributed by atoms with E-state index in [4.69, 9.17) is 9.47 Å². The topological polar surface area (TPSA) is 56.3 Å². The average molecular weight is 251 g/mol. The lowest BCUT2D eigenvalue weighted by atomic mass is 10.1. The van der Waals surface area contributed by atoms with Crippen LogP contribution in [-0.4, -0.2) is 36.3 Å². The number of anilines is 1. The molecule has 1 atom stereocenters. The molecule has 2 heterocycles. The Hall–Kier alpha value is -1.36. The van der Waals surface area contributed by atoms with Gasteiger partial charge in [-0.2, -0.15) is 4.98 Å². The number of aromatic nitrogens is 2. The number of hydrogen-bond acceptors (Lipinski definition) is 5. The van der Waals surface area contributed by atoms with E-state index in [1.165, 1.54) is 6.42 Å². The van der Waals surface area contributed by atoms with Crippen LogP contribution in [0.3, 0.4) is 0 Å². The van der Waals surface area contributed by atoms with Crippen LogP contribution in [0.1, 0.15) is 26.2 Å². The maximum absolute atomic E-state index is 5.46. The van der Waals surface area contributed by atoms with E-state index in [9.17, 15) is 0 Å². The number of hydrogen-bond donors (Lipinski definition) is 1. The molecular formula is C13H21N3O2. The zero-order chi connectivity index (χ0) is 12.6. The summed E-state index contributed by atoms with van der Waals surface area (Å²) in [5.74, 6) is 1.96. The second-order valence-electron chi connectivity index (χ2n) is 4.51. The van der Waals surface area contributed by atoms with E-state index < -0.39 is 0 Å². The molecule has 0 aromatic carbocycles. The molecule has 1 aliphatic rings. The number of nitrogens with zero attached hydrogens (tertiary/aromatic N) is 2. The molecule has 1 aromatic heterocycles. The van der Waals surface area contributed by atoms with Gasteiger partial charge in [-0.15, -0.1) is 0 Å². The van der Waals surface area contributed by atoms with E-state index in [1.807, 2.05) is 0 Å². The van der Waals surface area contributed by atoms with Crippen LogP contribution in [0.2, 0.25) is 0 Å². The highest BCUT2D eigenvalue weighted by Gasteiger charge is 2.14. The summed E-state index contributed by atoms with van der Waals surface area (Å²) in [7, 11) is 0. The van der Waals surface area contributed by atoms with Gasteiger partial charge in [-0.1, -0.05) is 6.92 Å². The first-order chi connectivity index (χ1) is 8.88. The molecule has 5 heteroatoms. The van der Waals surface area contributed by atoms with Gasteiger partial charge in [0, 0.05) is 32.0 Å². The van der Waals surface area contributed by atoms with Crippen molar-refractivity contribution in [2.75, 3.05) is 31.7 Å². The summed E-state index contributed by atoms with van der Waals surface area (Å²) < 4.78 is 10.8. The van der Waals surface area contributed by atoms with E-state index in [-0.39, 0.29) is 0 Å². The van der Waals surface area contributed by atoms with E-state index in [0.717, 1.165) is 32.6 Å². The highest BCUT2D eigenvalue weighted by molar-refractivity contribution is 5.27. The van der Waals surface area contributed by atoms with Gasteiger partial charge in [0.2, 0.25) is 11.8 Å². The Bertz CT molecular complexity index is 354. The van der Waals surface area contributed by atoms with Gasteiger partial charge in [0.15, 0.2) is 0 Å². The molecule has 5 nitrogen and oxygen atoms in total. The van der Waals surface area contributed by atoms with Gasteiger partial charge < -0.3 is 14.8 Å². The van der Waals surface area contributed by atoms with Crippen molar-refractivity contribution in [1.29, 1.82) is 0 Å². The highest BCUT2D eigenvalue weighted by atomic mass is 16.5. The van der Waals surface area contributed by atoms with Gasteiger partial charge in [-0.05, 0) is 25.2 Å². The van der Waals surface area contributed by atoms with Crippen LogP contribution in [-0.2, 0) is 4.74 Å². The molecule has 0 bridgehead atoms. The molecule has 100 valence electrons. The Kier molecular flexibility index (Phi) is 5.20. The molecule has 1 aromatic rings. The van der Waals surface area contributed by atoms with E-state index >= 15 is 0 Å². The molecule has 2 rings (SSSR count). The van der Waals surface area contributed by atoms with Crippen molar-refractivity contribution in [1.82, 2.24) is 9.97 Å². The summed E-state index contributed by atoms with van der Waals surface area (Å²) in [6.07, 6.45) is 4.97. The predicted molar refractivity (Wildman–Crippen MR) is 69.9 cm³/mol. The largest absolute Gasteiger partial charge is 0.478 e. The molecule has 0 amide bonds. The normalized spacial score (nSPS) is 18.8. The van der Waals surface area contributed by atoms with Crippen LogP contribution in [0.15, 0.2) is 12.3 Å². The number of rotatable bonds is 7. The molecule has 18 heavy (non-hydrogen) atoms. The van der Waals surface area contributed by atoms with Crippen molar-refractivity contribution in [2.24, 2.45) is 5.92 Å². The molecule has 1 saturated heterocycles. The lowest BCUT2D eigenvalue weighted by molar-refractivity contribution is 0.185. The second-order valence-corrected chi connectivity index (χ2v) is 4.51. The monoisotopic (exact) mass is 251 g/mol. The fourth-order valence-corrected chi connectivity index (χ4v) is 1.91. The predicted octanol–water partition coefficient (Wildman–Crippen LogP) is 2.10. The first-order valence-electron chi connectivity index (χ1n) is 6.66. The second kappa shape index (κ2) is 7.16. The van der Waals surface area contributed by atoms with Gasteiger partial charge in [0.1, 0.15) is 0 Å². The first kappa shape index (κ1) is 13.1. The minimum absolute atomic E-state index is 0.638. The molecule has 1 aliphatic heterocycles. The van der Waals surface area contributed by atoms with Crippen molar-refractivity contribution in [2.45, 2.75) is 26.2 Å². The van der Waals surface area contributed by atoms with Crippen LogP contribution < -0.4 is 10.1 Å². The van der Waals surface area contributed by atoms with Gasteiger partial charge in [0.25, 0.3) is 0 Å². The van der Waals surface area contributed by atoms with Crippen LogP contribution in [0.4, 0.5) is 5.95 Å². The van der Waals surface area contributed by atoms with E-state index in [0.29, 0.717) is 24.4 Å². The summed E-state index contributed by atoms with van der Waals surface area (Å²) in [6, 6.07) is 1.78. The molecule has 1 unspecified atom stereocenters. The summed E-state index contributed by atoms with van der Waals surface area (Å²) >= 11 is 0. The summed E-state index contributed by atoms with van der Waals surface area (Å²) in [5.41, 5.74) is 0. The SMILES string of the molecule is CCCOc1ccnc(NCCC2CCOC2)n1. The van der Waals surface area contributed by atoms with Crippen LogP contribution in [0.25, 0.3) is 0 Å². The molecule has 0 radical (unpaired) electrons. The molecule has 1 N–H and O–H groups in total. The van der Waals surface area contributed by atoms with E-state index in [2.05, 4.69) is 22.2 Å². The van der Waals surface area contributed by atoms with Crippen molar-refractivity contribution >= 4 is 5.95 Å². The van der Waals surface area contributed by atoms with E-state index in [1.54, 1.807) is 12.3 Å². The van der Waals surface area contributed by atoms with Crippen LogP contribution in [0, 0.1) is 5.92 Å². The Morgan fingerprint density at radius 3 is 3.28 bits per heavy atom. The molecular weight excluding hydrogens is 230 g/mol. The average Bonchev–Trinajstić information content (AvgIpc) is 2.90. The van der Waals surface area contributed by atoms with Crippen molar-refractivity contribution < 1.29 is 9.47 Å².